The van der Waals surface area contributed by atoms with Crippen LogP contribution in [0, 0.1) is 0 Å². The van der Waals surface area contributed by atoms with Crippen molar-refractivity contribution in [3.8, 4) is 0 Å². The smallest absolute Gasteiger partial charge is 0.222 e. The number of nitrogens with zero attached hydrogens (tertiary/aromatic N) is 1. The third-order valence-corrected chi connectivity index (χ3v) is 2.95. The van der Waals surface area contributed by atoms with Crippen molar-refractivity contribution in [1.29, 1.82) is 0 Å². The predicted octanol–water partition coefficient (Wildman–Crippen LogP) is 1.38. The quantitative estimate of drug-likeness (QED) is 0.561. The molecule has 1 saturated heterocycles. The van der Waals surface area contributed by atoms with Gasteiger partial charge in [0.25, 0.3) is 0 Å². The highest BCUT2D eigenvalue weighted by molar-refractivity contribution is 6.17. The Morgan fingerprint density at radius 3 is 2.93 bits per heavy atom. The number of carbonyl (C=O) groups is 1. The number of alkyl halides is 1. The zero-order valence-corrected chi connectivity index (χ0v) is 9.17. The fourth-order valence-electron chi connectivity index (χ4n) is 1.87. The van der Waals surface area contributed by atoms with Crippen molar-refractivity contribution < 1.29 is 9.90 Å². The Hall–Kier alpha value is -0.280. The van der Waals surface area contributed by atoms with Gasteiger partial charge in [0.1, 0.15) is 0 Å². The first-order valence-electron chi connectivity index (χ1n) is 5.26. The van der Waals surface area contributed by atoms with Crippen LogP contribution in [-0.4, -0.2) is 41.0 Å². The second kappa shape index (κ2) is 6.25. The highest BCUT2D eigenvalue weighted by Gasteiger charge is 2.27. The Kier molecular flexibility index (Phi) is 5.26. The summed E-state index contributed by atoms with van der Waals surface area (Å²) >= 11 is 5.54. The van der Waals surface area contributed by atoms with Crippen molar-refractivity contribution in [1.82, 2.24) is 4.90 Å². The van der Waals surface area contributed by atoms with E-state index >= 15 is 0 Å². The molecule has 3 nitrogen and oxygen atoms in total. The molecule has 0 bridgehead atoms. The summed E-state index contributed by atoms with van der Waals surface area (Å²) in [5, 5.41) is 9.04. The fraction of sp³-hybridized carbons (Fsp3) is 0.900. The van der Waals surface area contributed by atoms with Gasteiger partial charge >= 0.3 is 0 Å². The van der Waals surface area contributed by atoms with E-state index in [-0.39, 0.29) is 18.6 Å². The van der Waals surface area contributed by atoms with Gasteiger partial charge in [-0.25, -0.2) is 0 Å². The van der Waals surface area contributed by atoms with Crippen LogP contribution in [0.2, 0.25) is 0 Å². The lowest BCUT2D eigenvalue weighted by Crippen LogP contribution is -2.37. The lowest BCUT2D eigenvalue weighted by atomic mass is 10.2. The minimum absolute atomic E-state index is 0.0681. The normalized spacial score (nSPS) is 21.6. The molecule has 1 N–H and O–H groups in total. The number of halogens is 1. The maximum absolute atomic E-state index is 11.7. The zero-order chi connectivity index (χ0) is 10.4. The first-order chi connectivity index (χ1) is 6.79. The first kappa shape index (κ1) is 11.8. The molecule has 1 rings (SSSR count). The lowest BCUT2D eigenvalue weighted by molar-refractivity contribution is -0.132. The standard InChI is InChI=1S/C10H18ClNO2/c11-6-2-1-5-10(14)12-7-3-4-9(12)8-13/h9,13H,1-8H2. The first-order valence-corrected chi connectivity index (χ1v) is 5.79. The summed E-state index contributed by atoms with van der Waals surface area (Å²) in [6.45, 7) is 0.909. The Labute approximate surface area is 90.0 Å². The molecule has 1 atom stereocenters. The van der Waals surface area contributed by atoms with E-state index in [0.29, 0.717) is 12.3 Å². The van der Waals surface area contributed by atoms with Gasteiger partial charge in [0.15, 0.2) is 0 Å². The molecule has 1 aliphatic rings. The van der Waals surface area contributed by atoms with Crippen LogP contribution in [-0.2, 0) is 4.79 Å². The number of aliphatic hydroxyl groups excluding tert-OH is 1. The van der Waals surface area contributed by atoms with Gasteiger partial charge in [0.2, 0.25) is 5.91 Å². The topological polar surface area (TPSA) is 40.5 Å². The van der Waals surface area contributed by atoms with Crippen LogP contribution in [0.4, 0.5) is 0 Å². The predicted molar refractivity (Wildman–Crippen MR) is 56.4 cm³/mol. The summed E-state index contributed by atoms with van der Waals surface area (Å²) in [4.78, 5) is 13.5. The summed E-state index contributed by atoms with van der Waals surface area (Å²) < 4.78 is 0. The van der Waals surface area contributed by atoms with E-state index in [2.05, 4.69) is 0 Å². The Balaban J connectivity index is 2.28. The highest BCUT2D eigenvalue weighted by atomic mass is 35.5. The molecule has 1 aliphatic heterocycles. The molecule has 0 aromatic rings. The van der Waals surface area contributed by atoms with Gasteiger partial charge in [0, 0.05) is 18.8 Å². The number of hydrogen-bond acceptors (Lipinski definition) is 2. The van der Waals surface area contributed by atoms with E-state index in [1.54, 1.807) is 0 Å². The van der Waals surface area contributed by atoms with Gasteiger partial charge in [-0.3, -0.25) is 4.79 Å². The van der Waals surface area contributed by atoms with E-state index in [4.69, 9.17) is 16.7 Å². The average molecular weight is 220 g/mol. The van der Waals surface area contributed by atoms with Crippen molar-refractivity contribution >= 4 is 17.5 Å². The molecule has 1 heterocycles. The van der Waals surface area contributed by atoms with Gasteiger partial charge in [-0.1, -0.05) is 0 Å². The highest BCUT2D eigenvalue weighted by Crippen LogP contribution is 2.18. The second-order valence-electron chi connectivity index (χ2n) is 3.71. The Morgan fingerprint density at radius 2 is 2.29 bits per heavy atom. The molecule has 0 aromatic heterocycles. The number of hydrogen-bond donors (Lipinski definition) is 1. The van der Waals surface area contributed by atoms with E-state index in [1.165, 1.54) is 0 Å². The van der Waals surface area contributed by atoms with Crippen LogP contribution in [0.15, 0.2) is 0 Å². The molecule has 4 heteroatoms. The SMILES string of the molecule is O=C(CCCCCl)N1CCCC1CO. The van der Waals surface area contributed by atoms with E-state index < -0.39 is 0 Å². The Morgan fingerprint density at radius 1 is 1.50 bits per heavy atom. The third-order valence-electron chi connectivity index (χ3n) is 2.68. The van der Waals surface area contributed by atoms with Crippen molar-refractivity contribution in [2.75, 3.05) is 19.0 Å². The minimum Gasteiger partial charge on any atom is -0.394 e. The summed E-state index contributed by atoms with van der Waals surface area (Å²) in [5.74, 6) is 0.795. The molecular weight excluding hydrogens is 202 g/mol. The molecule has 0 radical (unpaired) electrons. The van der Waals surface area contributed by atoms with Crippen LogP contribution >= 0.6 is 11.6 Å². The maximum Gasteiger partial charge on any atom is 0.222 e. The molecule has 0 saturated carbocycles. The maximum atomic E-state index is 11.7. The van der Waals surface area contributed by atoms with Gasteiger partial charge in [-0.15, -0.1) is 11.6 Å². The zero-order valence-electron chi connectivity index (χ0n) is 8.41. The fourth-order valence-corrected chi connectivity index (χ4v) is 2.06. The molecule has 0 spiro atoms. The number of rotatable bonds is 5. The molecule has 1 fully saturated rings. The molecule has 1 amide bonds. The van der Waals surface area contributed by atoms with E-state index in [1.807, 2.05) is 4.90 Å². The average Bonchev–Trinajstić information content (AvgIpc) is 2.65. The summed E-state index contributed by atoms with van der Waals surface area (Å²) in [5.41, 5.74) is 0. The van der Waals surface area contributed by atoms with Crippen LogP contribution in [0.25, 0.3) is 0 Å². The molecule has 1 unspecified atom stereocenters. The minimum atomic E-state index is 0.0681. The van der Waals surface area contributed by atoms with Gasteiger partial charge in [-0.2, -0.15) is 0 Å². The largest absolute Gasteiger partial charge is 0.394 e. The van der Waals surface area contributed by atoms with Crippen LogP contribution in [0.5, 0.6) is 0 Å². The lowest BCUT2D eigenvalue weighted by Gasteiger charge is -2.22. The number of likely N-dealkylation sites (tertiary alicyclic amines) is 1. The van der Waals surface area contributed by atoms with Crippen molar-refractivity contribution in [3.63, 3.8) is 0 Å². The molecular formula is C10H18ClNO2. The molecule has 82 valence electrons. The number of unbranched alkanes of at least 4 members (excludes halogenated alkanes) is 1. The van der Waals surface area contributed by atoms with Gasteiger partial charge in [0.05, 0.1) is 12.6 Å². The van der Waals surface area contributed by atoms with Gasteiger partial charge in [-0.05, 0) is 25.7 Å². The van der Waals surface area contributed by atoms with Crippen LogP contribution in [0.1, 0.15) is 32.1 Å². The molecule has 14 heavy (non-hydrogen) atoms. The number of carbonyl (C=O) groups excluding carboxylic acids is 1. The van der Waals surface area contributed by atoms with E-state index in [0.717, 1.165) is 32.2 Å². The molecule has 0 aliphatic carbocycles. The van der Waals surface area contributed by atoms with Crippen LogP contribution < -0.4 is 0 Å². The van der Waals surface area contributed by atoms with Crippen LogP contribution in [0.3, 0.4) is 0 Å². The van der Waals surface area contributed by atoms with Gasteiger partial charge < -0.3 is 10.0 Å². The second-order valence-corrected chi connectivity index (χ2v) is 4.09. The summed E-state index contributed by atoms with van der Waals surface area (Å²) in [7, 11) is 0. The van der Waals surface area contributed by atoms with E-state index in [9.17, 15) is 4.79 Å². The summed E-state index contributed by atoms with van der Waals surface area (Å²) in [6.07, 6.45) is 4.29. The third kappa shape index (κ3) is 3.14. The van der Waals surface area contributed by atoms with Crippen molar-refractivity contribution in [2.24, 2.45) is 0 Å². The number of aliphatic hydroxyl groups is 1. The monoisotopic (exact) mass is 219 g/mol. The summed E-state index contributed by atoms with van der Waals surface area (Å²) in [6, 6.07) is 0.0681. The molecule has 0 aromatic carbocycles. The number of amides is 1. The van der Waals surface area contributed by atoms with Crippen molar-refractivity contribution in [2.45, 2.75) is 38.1 Å². The Bertz CT molecular complexity index is 187. The van der Waals surface area contributed by atoms with Crippen molar-refractivity contribution in [3.05, 3.63) is 0 Å².